The fraction of sp³-hybridized carbons (Fsp3) is 0.429. The molecule has 1 N–H and O–H groups in total. The van der Waals surface area contributed by atoms with E-state index in [0.717, 1.165) is 29.9 Å². The van der Waals surface area contributed by atoms with Crippen LogP contribution in [0.5, 0.6) is 0 Å². The van der Waals surface area contributed by atoms with Crippen molar-refractivity contribution < 1.29 is 9.59 Å². The van der Waals surface area contributed by atoms with Gasteiger partial charge in [0.1, 0.15) is 0 Å². The van der Waals surface area contributed by atoms with Gasteiger partial charge in [-0.05, 0) is 43.5 Å². The molecule has 0 bridgehead atoms. The van der Waals surface area contributed by atoms with Gasteiger partial charge < -0.3 is 10.2 Å². The van der Waals surface area contributed by atoms with Crippen molar-refractivity contribution in [1.82, 2.24) is 19.5 Å². The van der Waals surface area contributed by atoms with E-state index in [1.165, 1.54) is 11.3 Å². The largest absolute Gasteiger partial charge is 0.328 e. The summed E-state index contributed by atoms with van der Waals surface area (Å²) < 4.78 is 1.95. The SMILES string of the molecule is Cc1cc(NC(=O)C(C)(C)C)sc1C(=O)N1CCCC1c1nnc2ccccn12. The topological polar surface area (TPSA) is 79.6 Å². The highest BCUT2D eigenvalue weighted by Crippen LogP contribution is 2.36. The van der Waals surface area contributed by atoms with Gasteiger partial charge in [-0.25, -0.2) is 0 Å². The average molecular weight is 412 g/mol. The molecule has 1 aliphatic heterocycles. The molecule has 4 rings (SSSR count). The lowest BCUT2D eigenvalue weighted by atomic mass is 9.96. The van der Waals surface area contributed by atoms with Crippen LogP contribution in [0, 0.1) is 12.3 Å². The third-order valence-corrected chi connectivity index (χ3v) is 6.32. The number of nitrogens with zero attached hydrogens (tertiary/aromatic N) is 4. The van der Waals surface area contributed by atoms with Crippen LogP contribution in [0.2, 0.25) is 0 Å². The van der Waals surface area contributed by atoms with E-state index in [-0.39, 0.29) is 17.9 Å². The summed E-state index contributed by atoms with van der Waals surface area (Å²) in [6, 6.07) is 7.54. The highest BCUT2D eigenvalue weighted by atomic mass is 32.1. The Morgan fingerprint density at radius 1 is 1.24 bits per heavy atom. The van der Waals surface area contributed by atoms with E-state index in [2.05, 4.69) is 15.5 Å². The summed E-state index contributed by atoms with van der Waals surface area (Å²) in [5, 5.41) is 12.2. The van der Waals surface area contributed by atoms with Crippen LogP contribution < -0.4 is 5.32 Å². The molecular formula is C21H25N5O2S. The van der Waals surface area contributed by atoms with E-state index < -0.39 is 5.41 Å². The summed E-state index contributed by atoms with van der Waals surface area (Å²) in [6.45, 7) is 8.20. The van der Waals surface area contributed by atoms with Crippen molar-refractivity contribution >= 4 is 33.8 Å². The highest BCUT2D eigenvalue weighted by Gasteiger charge is 2.35. The third kappa shape index (κ3) is 3.64. The molecule has 29 heavy (non-hydrogen) atoms. The second kappa shape index (κ2) is 7.26. The van der Waals surface area contributed by atoms with Gasteiger partial charge in [0, 0.05) is 18.2 Å². The van der Waals surface area contributed by atoms with Crippen molar-refractivity contribution in [3.8, 4) is 0 Å². The molecule has 4 heterocycles. The van der Waals surface area contributed by atoms with Crippen LogP contribution >= 0.6 is 11.3 Å². The molecule has 3 aromatic heterocycles. The molecule has 0 saturated carbocycles. The van der Waals surface area contributed by atoms with Gasteiger partial charge in [0.25, 0.3) is 5.91 Å². The van der Waals surface area contributed by atoms with E-state index in [0.29, 0.717) is 16.4 Å². The Hall–Kier alpha value is -2.74. The fourth-order valence-electron chi connectivity index (χ4n) is 3.55. The monoisotopic (exact) mass is 411 g/mol. The second-order valence-electron chi connectivity index (χ2n) is 8.47. The van der Waals surface area contributed by atoms with Crippen molar-refractivity contribution in [2.24, 2.45) is 5.41 Å². The van der Waals surface area contributed by atoms with Crippen LogP contribution in [0.25, 0.3) is 5.65 Å². The Morgan fingerprint density at radius 2 is 2.03 bits per heavy atom. The van der Waals surface area contributed by atoms with Crippen LogP contribution in [0.15, 0.2) is 30.5 Å². The van der Waals surface area contributed by atoms with Gasteiger partial charge >= 0.3 is 0 Å². The normalized spacial score (nSPS) is 17.1. The number of hydrogen-bond acceptors (Lipinski definition) is 5. The van der Waals surface area contributed by atoms with Gasteiger partial charge in [-0.3, -0.25) is 14.0 Å². The number of fused-ring (bicyclic) bond motifs is 1. The summed E-state index contributed by atoms with van der Waals surface area (Å²) in [4.78, 5) is 28.2. The molecule has 152 valence electrons. The molecule has 1 unspecified atom stereocenters. The van der Waals surface area contributed by atoms with Crippen molar-refractivity contribution in [3.05, 3.63) is 46.7 Å². The number of amides is 2. The van der Waals surface area contributed by atoms with Gasteiger partial charge in [0.2, 0.25) is 5.91 Å². The predicted octanol–water partition coefficient (Wildman–Crippen LogP) is 4.06. The number of aromatic nitrogens is 3. The zero-order valence-corrected chi connectivity index (χ0v) is 17.9. The van der Waals surface area contributed by atoms with Crippen LogP contribution in [0.4, 0.5) is 5.00 Å². The number of rotatable bonds is 3. The number of nitrogens with one attached hydrogen (secondary N) is 1. The molecule has 0 aliphatic carbocycles. The lowest BCUT2D eigenvalue weighted by Crippen LogP contribution is -2.31. The van der Waals surface area contributed by atoms with Crippen molar-refractivity contribution in [2.75, 3.05) is 11.9 Å². The summed E-state index contributed by atoms with van der Waals surface area (Å²) >= 11 is 1.34. The first-order chi connectivity index (χ1) is 13.8. The maximum Gasteiger partial charge on any atom is 0.264 e. The van der Waals surface area contributed by atoms with E-state index >= 15 is 0 Å². The first-order valence-corrected chi connectivity index (χ1v) is 10.6. The van der Waals surface area contributed by atoms with Gasteiger partial charge in [-0.15, -0.1) is 21.5 Å². The number of aryl methyl sites for hydroxylation is 1. The summed E-state index contributed by atoms with van der Waals surface area (Å²) in [7, 11) is 0. The van der Waals surface area contributed by atoms with Crippen LogP contribution in [0.3, 0.4) is 0 Å². The van der Waals surface area contributed by atoms with Gasteiger partial charge in [0.15, 0.2) is 11.5 Å². The molecular weight excluding hydrogens is 386 g/mol. The Morgan fingerprint density at radius 3 is 2.79 bits per heavy atom. The number of anilines is 1. The second-order valence-corrected chi connectivity index (χ2v) is 9.52. The molecule has 3 aromatic rings. The predicted molar refractivity (Wildman–Crippen MR) is 113 cm³/mol. The van der Waals surface area contributed by atoms with Gasteiger partial charge in [0.05, 0.1) is 15.9 Å². The van der Waals surface area contributed by atoms with E-state index in [4.69, 9.17) is 0 Å². The molecule has 8 heteroatoms. The van der Waals surface area contributed by atoms with E-state index in [9.17, 15) is 9.59 Å². The molecule has 0 aromatic carbocycles. The number of hydrogen-bond donors (Lipinski definition) is 1. The molecule has 0 radical (unpaired) electrons. The molecule has 1 aliphatic rings. The van der Waals surface area contributed by atoms with Crippen LogP contribution in [-0.2, 0) is 4.79 Å². The lowest BCUT2D eigenvalue weighted by molar-refractivity contribution is -0.123. The standard InChI is InChI=1S/C21H25N5O2S/c1-13-12-16(22-20(28)21(2,3)4)29-17(13)19(27)25-11-7-8-14(25)18-24-23-15-9-5-6-10-26(15)18/h5-6,9-10,12,14H,7-8,11H2,1-4H3,(H,22,28). The Labute approximate surface area is 173 Å². The minimum atomic E-state index is -0.489. The van der Waals surface area contributed by atoms with E-state index in [1.807, 2.05) is 67.5 Å². The first-order valence-electron chi connectivity index (χ1n) is 9.78. The van der Waals surface area contributed by atoms with Gasteiger partial charge in [-0.1, -0.05) is 26.8 Å². The number of thiophene rings is 1. The molecule has 1 fully saturated rings. The highest BCUT2D eigenvalue weighted by molar-refractivity contribution is 7.18. The van der Waals surface area contributed by atoms with E-state index in [1.54, 1.807) is 0 Å². The average Bonchev–Trinajstić information content (AvgIpc) is 3.37. The smallest absolute Gasteiger partial charge is 0.264 e. The number of carbonyl (C=O) groups is 2. The van der Waals surface area contributed by atoms with Crippen molar-refractivity contribution in [1.29, 1.82) is 0 Å². The number of carbonyl (C=O) groups excluding carboxylic acids is 2. The Kier molecular flexibility index (Phi) is 4.90. The first kappa shape index (κ1) is 19.6. The minimum Gasteiger partial charge on any atom is -0.328 e. The minimum absolute atomic E-state index is 0.0149. The zero-order valence-electron chi connectivity index (χ0n) is 17.1. The molecule has 2 amide bonds. The quantitative estimate of drug-likeness (QED) is 0.705. The molecule has 0 spiro atoms. The van der Waals surface area contributed by atoms with Gasteiger partial charge in [-0.2, -0.15) is 0 Å². The Bertz CT molecular complexity index is 1080. The summed E-state index contributed by atoms with van der Waals surface area (Å²) in [5.74, 6) is 0.715. The Balaban J connectivity index is 1.60. The van der Waals surface area contributed by atoms with Crippen molar-refractivity contribution in [3.63, 3.8) is 0 Å². The maximum absolute atomic E-state index is 13.4. The number of likely N-dealkylation sites (tertiary alicyclic amines) is 1. The molecule has 7 nitrogen and oxygen atoms in total. The van der Waals surface area contributed by atoms with Crippen LogP contribution in [-0.4, -0.2) is 37.9 Å². The molecule has 1 atom stereocenters. The summed E-state index contributed by atoms with van der Waals surface area (Å²) in [6.07, 6.45) is 3.72. The summed E-state index contributed by atoms with van der Waals surface area (Å²) in [5.41, 5.74) is 1.17. The molecule has 1 saturated heterocycles. The lowest BCUT2D eigenvalue weighted by Gasteiger charge is -2.23. The van der Waals surface area contributed by atoms with Crippen LogP contribution in [0.1, 0.15) is 60.7 Å². The third-order valence-electron chi connectivity index (χ3n) is 5.18. The zero-order chi connectivity index (χ0) is 20.8. The fourth-order valence-corrected chi connectivity index (χ4v) is 4.58. The van der Waals surface area contributed by atoms with Crippen molar-refractivity contribution in [2.45, 2.75) is 46.6 Å². The maximum atomic E-state index is 13.4. The number of pyridine rings is 1.